The minimum atomic E-state index is -3.47. The van der Waals surface area contributed by atoms with Crippen LogP contribution >= 0.6 is 11.6 Å². The molecule has 2 rings (SSSR count). The third-order valence-electron chi connectivity index (χ3n) is 3.34. The van der Waals surface area contributed by atoms with Crippen molar-refractivity contribution in [3.8, 4) is 0 Å². The lowest BCUT2D eigenvalue weighted by Crippen LogP contribution is -2.29. The van der Waals surface area contributed by atoms with Crippen molar-refractivity contribution in [2.45, 2.75) is 31.2 Å². The molecule has 1 aliphatic carbocycles. The maximum Gasteiger partial charge on any atom is 0.240 e. The van der Waals surface area contributed by atoms with E-state index in [2.05, 4.69) is 11.6 Å². The van der Waals surface area contributed by atoms with E-state index in [1.807, 2.05) is 0 Å². The fourth-order valence-electron chi connectivity index (χ4n) is 1.62. The number of benzene rings is 1. The Kier molecular flexibility index (Phi) is 3.69. The summed E-state index contributed by atoms with van der Waals surface area (Å²) in [5.41, 5.74) is 6.29. The number of hydrogen-bond acceptors (Lipinski definition) is 3. The first-order valence-corrected chi connectivity index (χ1v) is 7.71. The number of sulfonamides is 1. The summed E-state index contributed by atoms with van der Waals surface area (Å²) in [7, 11) is -3.47. The highest BCUT2D eigenvalue weighted by Gasteiger charge is 2.38. The van der Waals surface area contributed by atoms with Crippen LogP contribution in [0.4, 0.5) is 0 Å². The van der Waals surface area contributed by atoms with E-state index in [4.69, 9.17) is 17.3 Å². The van der Waals surface area contributed by atoms with Gasteiger partial charge in [0.05, 0.1) is 4.90 Å². The number of hydrogen-bond donors (Lipinski definition) is 2. The monoisotopic (exact) mass is 288 g/mol. The summed E-state index contributed by atoms with van der Waals surface area (Å²) in [6, 6.07) is 4.59. The van der Waals surface area contributed by atoms with E-state index in [0.717, 1.165) is 12.8 Å². The van der Waals surface area contributed by atoms with Crippen molar-refractivity contribution in [2.24, 2.45) is 11.1 Å². The van der Waals surface area contributed by atoms with Gasteiger partial charge in [-0.15, -0.1) is 0 Å². The van der Waals surface area contributed by atoms with E-state index in [0.29, 0.717) is 17.1 Å². The van der Waals surface area contributed by atoms with Crippen molar-refractivity contribution in [1.29, 1.82) is 0 Å². The van der Waals surface area contributed by atoms with Crippen LogP contribution in [0.15, 0.2) is 23.1 Å². The molecule has 1 aliphatic rings. The third-order valence-corrected chi connectivity index (χ3v) is 5.11. The first-order valence-electron chi connectivity index (χ1n) is 5.84. The van der Waals surface area contributed by atoms with E-state index in [-0.39, 0.29) is 16.9 Å². The first kappa shape index (κ1) is 13.8. The fraction of sp³-hybridized carbons (Fsp3) is 0.500. The topological polar surface area (TPSA) is 72.2 Å². The molecule has 100 valence electrons. The summed E-state index contributed by atoms with van der Waals surface area (Å²) in [6.07, 6.45) is 2.15. The van der Waals surface area contributed by atoms with E-state index < -0.39 is 10.0 Å². The summed E-state index contributed by atoms with van der Waals surface area (Å²) in [5.74, 6) is 0. The summed E-state index contributed by atoms with van der Waals surface area (Å²) < 4.78 is 26.8. The fourth-order valence-corrected chi connectivity index (χ4v) is 3.06. The molecule has 0 bridgehead atoms. The number of halogens is 1. The van der Waals surface area contributed by atoms with Crippen molar-refractivity contribution >= 4 is 21.6 Å². The molecule has 0 radical (unpaired) electrons. The zero-order chi connectivity index (χ0) is 13.4. The standard InChI is InChI=1S/C12H17ClN2O2S/c1-12(4-5-12)8-15-18(16,17)10-2-3-11(13)9(6-10)7-14/h2-3,6,15H,4-5,7-8,14H2,1H3. The first-order chi connectivity index (χ1) is 8.36. The molecule has 0 aromatic heterocycles. The SMILES string of the molecule is CC1(CNS(=O)(=O)c2ccc(Cl)c(CN)c2)CC1. The van der Waals surface area contributed by atoms with E-state index in [1.54, 1.807) is 6.07 Å². The van der Waals surface area contributed by atoms with Gasteiger partial charge in [0.15, 0.2) is 0 Å². The summed E-state index contributed by atoms with van der Waals surface area (Å²) in [6.45, 7) is 2.78. The van der Waals surface area contributed by atoms with Crippen LogP contribution in [0.1, 0.15) is 25.3 Å². The van der Waals surface area contributed by atoms with Crippen LogP contribution in [-0.4, -0.2) is 15.0 Å². The van der Waals surface area contributed by atoms with Gasteiger partial charge in [0, 0.05) is 18.1 Å². The molecule has 0 spiro atoms. The molecule has 18 heavy (non-hydrogen) atoms. The van der Waals surface area contributed by atoms with E-state index in [1.165, 1.54) is 12.1 Å². The predicted octanol–water partition coefficient (Wildman–Crippen LogP) is 1.88. The van der Waals surface area contributed by atoms with Crippen molar-refractivity contribution in [3.63, 3.8) is 0 Å². The zero-order valence-corrected chi connectivity index (χ0v) is 11.8. The average molecular weight is 289 g/mol. The van der Waals surface area contributed by atoms with Gasteiger partial charge in [-0.3, -0.25) is 0 Å². The molecule has 0 saturated heterocycles. The lowest BCUT2D eigenvalue weighted by Gasteiger charge is -2.12. The second-order valence-electron chi connectivity index (χ2n) is 5.09. The maximum absolute atomic E-state index is 12.1. The zero-order valence-electron chi connectivity index (χ0n) is 10.2. The van der Waals surface area contributed by atoms with Gasteiger partial charge in [-0.1, -0.05) is 18.5 Å². The molecule has 1 fully saturated rings. The van der Waals surface area contributed by atoms with Crippen LogP contribution in [0.25, 0.3) is 0 Å². The smallest absolute Gasteiger partial charge is 0.240 e. The normalized spacial score (nSPS) is 17.7. The highest BCUT2D eigenvalue weighted by Crippen LogP contribution is 2.44. The molecular weight excluding hydrogens is 272 g/mol. The lowest BCUT2D eigenvalue weighted by atomic mass is 10.2. The maximum atomic E-state index is 12.1. The highest BCUT2D eigenvalue weighted by atomic mass is 35.5. The second-order valence-corrected chi connectivity index (χ2v) is 7.27. The molecule has 0 atom stereocenters. The average Bonchev–Trinajstić information content (AvgIpc) is 3.06. The van der Waals surface area contributed by atoms with Crippen molar-refractivity contribution in [2.75, 3.05) is 6.54 Å². The van der Waals surface area contributed by atoms with Crippen molar-refractivity contribution in [3.05, 3.63) is 28.8 Å². The van der Waals surface area contributed by atoms with Gasteiger partial charge in [-0.05, 0) is 42.0 Å². The van der Waals surface area contributed by atoms with Crippen molar-refractivity contribution < 1.29 is 8.42 Å². The van der Waals surface area contributed by atoms with Gasteiger partial charge in [0.2, 0.25) is 10.0 Å². The summed E-state index contributed by atoms with van der Waals surface area (Å²) >= 11 is 5.91. The molecule has 3 N–H and O–H groups in total. The molecule has 0 amide bonds. The summed E-state index contributed by atoms with van der Waals surface area (Å²) in [5, 5.41) is 0.491. The molecule has 4 nitrogen and oxygen atoms in total. The van der Waals surface area contributed by atoms with E-state index >= 15 is 0 Å². The molecule has 6 heteroatoms. The molecular formula is C12H17ClN2O2S. The molecule has 1 aromatic rings. The van der Waals surface area contributed by atoms with Gasteiger partial charge in [-0.25, -0.2) is 13.1 Å². The molecule has 1 saturated carbocycles. The number of rotatable bonds is 5. The molecule has 0 unspecified atom stereocenters. The third kappa shape index (κ3) is 3.03. The Balaban J connectivity index is 2.18. The molecule has 1 aromatic carbocycles. The van der Waals surface area contributed by atoms with Crippen LogP contribution in [0.5, 0.6) is 0 Å². The van der Waals surface area contributed by atoms with Crippen molar-refractivity contribution in [1.82, 2.24) is 4.72 Å². The van der Waals surface area contributed by atoms with Crippen LogP contribution in [-0.2, 0) is 16.6 Å². The Hall–Kier alpha value is -0.620. The van der Waals surface area contributed by atoms with Crippen LogP contribution < -0.4 is 10.5 Å². The Morgan fingerprint density at radius 1 is 1.44 bits per heavy atom. The van der Waals surface area contributed by atoms with Gasteiger partial charge < -0.3 is 5.73 Å². The van der Waals surface area contributed by atoms with Crippen LogP contribution in [0.3, 0.4) is 0 Å². The molecule has 0 aliphatic heterocycles. The van der Waals surface area contributed by atoms with Gasteiger partial charge in [0.25, 0.3) is 0 Å². The Bertz CT molecular complexity index is 553. The van der Waals surface area contributed by atoms with Gasteiger partial charge >= 0.3 is 0 Å². The summed E-state index contributed by atoms with van der Waals surface area (Å²) in [4.78, 5) is 0.219. The molecule has 0 heterocycles. The quantitative estimate of drug-likeness (QED) is 0.869. The second kappa shape index (κ2) is 4.81. The van der Waals surface area contributed by atoms with Crippen LogP contribution in [0, 0.1) is 5.41 Å². The van der Waals surface area contributed by atoms with Crippen LogP contribution in [0.2, 0.25) is 5.02 Å². The lowest BCUT2D eigenvalue weighted by molar-refractivity contribution is 0.530. The van der Waals surface area contributed by atoms with Gasteiger partial charge in [0.1, 0.15) is 0 Å². The highest BCUT2D eigenvalue weighted by molar-refractivity contribution is 7.89. The minimum absolute atomic E-state index is 0.135. The van der Waals surface area contributed by atoms with E-state index in [9.17, 15) is 8.42 Å². The largest absolute Gasteiger partial charge is 0.326 e. The Morgan fingerprint density at radius 2 is 2.11 bits per heavy atom. The number of nitrogens with one attached hydrogen (secondary N) is 1. The Labute approximate surface area is 113 Å². The number of nitrogens with two attached hydrogens (primary N) is 1. The predicted molar refractivity (Wildman–Crippen MR) is 71.9 cm³/mol. The van der Waals surface area contributed by atoms with Gasteiger partial charge in [-0.2, -0.15) is 0 Å². The minimum Gasteiger partial charge on any atom is -0.326 e. The Morgan fingerprint density at radius 3 is 2.67 bits per heavy atom.